The molecule has 1 heterocycles. The smallest absolute Gasteiger partial charge is 0.315 e. The summed E-state index contributed by atoms with van der Waals surface area (Å²) in [6.07, 6.45) is 7.46. The Kier molecular flexibility index (Phi) is 5.06. The minimum atomic E-state index is -1.06. The van der Waals surface area contributed by atoms with Crippen LogP contribution >= 0.6 is 0 Å². The number of rotatable bonds is 3. The number of urea groups is 1. The van der Waals surface area contributed by atoms with Crippen LogP contribution < -0.4 is 15.4 Å². The highest BCUT2D eigenvalue weighted by atomic mass is 16.5. The van der Waals surface area contributed by atoms with E-state index in [-0.39, 0.29) is 18.6 Å². The van der Waals surface area contributed by atoms with Crippen LogP contribution in [0.4, 0.5) is 4.79 Å². The van der Waals surface area contributed by atoms with E-state index in [1.54, 1.807) is 0 Å². The molecule has 0 saturated heterocycles. The SMILES string of the molecule is O=C(NCC1(O)CCOc2ccccc21)NC1CCCCCC1. The molecule has 1 unspecified atom stereocenters. The standard InChI is InChI=1S/C18H26N2O3/c21-17(20-14-7-3-1-2-4-8-14)19-13-18(22)11-12-23-16-10-6-5-9-15(16)18/h5-6,9-10,14,22H,1-4,7-8,11-13H2,(H2,19,20,21). The predicted octanol–water partition coefficient (Wildman–Crippen LogP) is 2.68. The summed E-state index contributed by atoms with van der Waals surface area (Å²) in [6.45, 7) is 0.658. The summed E-state index contributed by atoms with van der Waals surface area (Å²) in [7, 11) is 0. The fourth-order valence-corrected chi connectivity index (χ4v) is 3.51. The van der Waals surface area contributed by atoms with Crippen LogP contribution in [0, 0.1) is 0 Å². The van der Waals surface area contributed by atoms with Gasteiger partial charge in [0.25, 0.3) is 0 Å². The van der Waals surface area contributed by atoms with Gasteiger partial charge >= 0.3 is 6.03 Å². The zero-order valence-electron chi connectivity index (χ0n) is 13.5. The van der Waals surface area contributed by atoms with Gasteiger partial charge in [0.15, 0.2) is 0 Å². The summed E-state index contributed by atoms with van der Waals surface area (Å²) in [5.74, 6) is 0.701. The van der Waals surface area contributed by atoms with Gasteiger partial charge in [-0.3, -0.25) is 0 Å². The molecule has 1 saturated carbocycles. The molecule has 1 aromatic rings. The van der Waals surface area contributed by atoms with Crippen LogP contribution in [0.2, 0.25) is 0 Å². The van der Waals surface area contributed by atoms with Gasteiger partial charge in [0.05, 0.1) is 13.2 Å². The van der Waals surface area contributed by atoms with Crippen LogP contribution in [-0.2, 0) is 5.60 Å². The molecule has 0 bridgehead atoms. The largest absolute Gasteiger partial charge is 0.493 e. The van der Waals surface area contributed by atoms with E-state index >= 15 is 0 Å². The van der Waals surface area contributed by atoms with Crippen LogP contribution in [0.1, 0.15) is 50.5 Å². The fourth-order valence-electron chi connectivity index (χ4n) is 3.51. The van der Waals surface area contributed by atoms with Gasteiger partial charge in [0.1, 0.15) is 11.4 Å². The lowest BCUT2D eigenvalue weighted by atomic mass is 9.88. The van der Waals surface area contributed by atoms with E-state index in [4.69, 9.17) is 4.74 Å². The molecule has 1 aliphatic carbocycles. The van der Waals surface area contributed by atoms with E-state index in [2.05, 4.69) is 10.6 Å². The number of nitrogens with one attached hydrogen (secondary N) is 2. The maximum absolute atomic E-state index is 12.2. The molecule has 1 fully saturated rings. The van der Waals surface area contributed by atoms with Gasteiger partial charge in [0, 0.05) is 18.0 Å². The molecule has 0 radical (unpaired) electrons. The van der Waals surface area contributed by atoms with Gasteiger partial charge in [-0.15, -0.1) is 0 Å². The number of carbonyl (C=O) groups excluding carboxylic acids is 1. The summed E-state index contributed by atoms with van der Waals surface area (Å²) in [5.41, 5.74) is -0.309. The molecule has 1 atom stereocenters. The van der Waals surface area contributed by atoms with E-state index in [9.17, 15) is 9.90 Å². The Morgan fingerprint density at radius 1 is 1.22 bits per heavy atom. The highest BCUT2D eigenvalue weighted by Gasteiger charge is 2.35. The summed E-state index contributed by atoms with van der Waals surface area (Å²) < 4.78 is 5.57. The first-order valence-corrected chi connectivity index (χ1v) is 8.66. The molecule has 3 rings (SSSR count). The predicted molar refractivity (Wildman–Crippen MR) is 88.5 cm³/mol. The third-order valence-electron chi connectivity index (χ3n) is 4.89. The first-order valence-electron chi connectivity index (χ1n) is 8.66. The van der Waals surface area contributed by atoms with Crippen LogP contribution in [0.25, 0.3) is 0 Å². The van der Waals surface area contributed by atoms with Crippen molar-refractivity contribution in [2.45, 2.75) is 56.6 Å². The number of hydrogen-bond donors (Lipinski definition) is 3. The molecule has 1 aromatic carbocycles. The minimum absolute atomic E-state index is 0.186. The summed E-state index contributed by atoms with van der Waals surface area (Å²) in [5, 5.41) is 16.8. The lowest BCUT2D eigenvalue weighted by Crippen LogP contribution is -2.49. The van der Waals surface area contributed by atoms with Crippen molar-refractivity contribution in [3.05, 3.63) is 29.8 Å². The number of hydrogen-bond acceptors (Lipinski definition) is 3. The van der Waals surface area contributed by atoms with Crippen LogP contribution in [0.5, 0.6) is 5.75 Å². The minimum Gasteiger partial charge on any atom is -0.493 e. The molecule has 5 heteroatoms. The maximum Gasteiger partial charge on any atom is 0.315 e. The molecular weight excluding hydrogens is 292 g/mol. The Morgan fingerprint density at radius 2 is 1.96 bits per heavy atom. The van der Waals surface area contributed by atoms with Crippen molar-refractivity contribution >= 4 is 6.03 Å². The average molecular weight is 318 g/mol. The second-order valence-electron chi connectivity index (χ2n) is 6.64. The van der Waals surface area contributed by atoms with Gasteiger partial charge in [0.2, 0.25) is 0 Å². The molecule has 2 amide bonds. The second-order valence-corrected chi connectivity index (χ2v) is 6.64. The van der Waals surface area contributed by atoms with Crippen molar-refractivity contribution in [2.24, 2.45) is 0 Å². The summed E-state index contributed by atoms with van der Waals surface area (Å²) in [6, 6.07) is 7.55. The Morgan fingerprint density at radius 3 is 2.74 bits per heavy atom. The van der Waals surface area contributed by atoms with E-state index in [1.807, 2.05) is 24.3 Å². The molecule has 1 aliphatic heterocycles. The lowest BCUT2D eigenvalue weighted by Gasteiger charge is -2.34. The number of aliphatic hydroxyl groups is 1. The Balaban J connectivity index is 1.56. The van der Waals surface area contributed by atoms with Gasteiger partial charge in [-0.1, -0.05) is 43.9 Å². The first kappa shape index (κ1) is 16.1. The van der Waals surface area contributed by atoms with E-state index < -0.39 is 5.60 Å². The third-order valence-corrected chi connectivity index (χ3v) is 4.89. The van der Waals surface area contributed by atoms with E-state index in [0.717, 1.165) is 18.4 Å². The van der Waals surface area contributed by atoms with Crippen molar-refractivity contribution in [3.63, 3.8) is 0 Å². The summed E-state index contributed by atoms with van der Waals surface area (Å²) >= 11 is 0. The first-order chi connectivity index (χ1) is 11.2. The molecule has 5 nitrogen and oxygen atoms in total. The molecule has 0 spiro atoms. The third kappa shape index (κ3) is 3.96. The van der Waals surface area contributed by atoms with Crippen molar-refractivity contribution < 1.29 is 14.6 Å². The van der Waals surface area contributed by atoms with Crippen LogP contribution in [0.15, 0.2) is 24.3 Å². The van der Waals surface area contributed by atoms with E-state index in [1.165, 1.54) is 25.7 Å². The van der Waals surface area contributed by atoms with Crippen LogP contribution in [-0.4, -0.2) is 30.3 Å². The lowest BCUT2D eigenvalue weighted by molar-refractivity contribution is -0.00000859. The number of ether oxygens (including phenoxy) is 1. The molecule has 2 aliphatic rings. The number of fused-ring (bicyclic) bond motifs is 1. The van der Waals surface area contributed by atoms with Gasteiger partial charge in [-0.05, 0) is 18.9 Å². The quantitative estimate of drug-likeness (QED) is 0.750. The Bertz CT molecular complexity index is 541. The van der Waals surface area contributed by atoms with Crippen molar-refractivity contribution in [3.8, 4) is 5.75 Å². The van der Waals surface area contributed by atoms with Crippen molar-refractivity contribution in [1.29, 1.82) is 0 Å². The molecule has 23 heavy (non-hydrogen) atoms. The zero-order chi connectivity index (χ0) is 16.1. The normalized spacial score (nSPS) is 24.9. The van der Waals surface area contributed by atoms with Gasteiger partial charge < -0.3 is 20.5 Å². The highest BCUT2D eigenvalue weighted by molar-refractivity contribution is 5.74. The topological polar surface area (TPSA) is 70.6 Å². The number of para-hydroxylation sites is 1. The Hall–Kier alpha value is -1.75. The highest BCUT2D eigenvalue weighted by Crippen LogP contribution is 2.36. The van der Waals surface area contributed by atoms with E-state index in [0.29, 0.717) is 18.8 Å². The number of amides is 2. The molecular formula is C18H26N2O3. The second kappa shape index (κ2) is 7.21. The average Bonchev–Trinajstić information content (AvgIpc) is 2.82. The summed E-state index contributed by atoms with van der Waals surface area (Å²) in [4.78, 5) is 12.2. The molecule has 3 N–H and O–H groups in total. The number of benzene rings is 1. The molecule has 126 valence electrons. The zero-order valence-corrected chi connectivity index (χ0v) is 13.5. The van der Waals surface area contributed by atoms with Crippen molar-refractivity contribution in [1.82, 2.24) is 10.6 Å². The maximum atomic E-state index is 12.2. The number of carbonyl (C=O) groups is 1. The fraction of sp³-hybridized carbons (Fsp3) is 0.611. The monoisotopic (exact) mass is 318 g/mol. The Labute approximate surface area is 137 Å². The van der Waals surface area contributed by atoms with Gasteiger partial charge in [-0.2, -0.15) is 0 Å². The van der Waals surface area contributed by atoms with Crippen molar-refractivity contribution in [2.75, 3.05) is 13.2 Å². The molecule has 0 aromatic heterocycles. The van der Waals surface area contributed by atoms with Crippen LogP contribution in [0.3, 0.4) is 0 Å². The van der Waals surface area contributed by atoms with Gasteiger partial charge in [-0.25, -0.2) is 4.79 Å².